The van der Waals surface area contributed by atoms with Crippen LogP contribution >= 0.6 is 0 Å². The van der Waals surface area contributed by atoms with E-state index in [0.29, 0.717) is 25.2 Å². The van der Waals surface area contributed by atoms with Crippen molar-refractivity contribution in [1.82, 2.24) is 9.47 Å². The maximum atomic E-state index is 12.7. The summed E-state index contributed by atoms with van der Waals surface area (Å²) in [6, 6.07) is 13.6. The van der Waals surface area contributed by atoms with Crippen LogP contribution in [0.2, 0.25) is 0 Å². The van der Waals surface area contributed by atoms with Crippen molar-refractivity contribution in [3.8, 4) is 11.3 Å². The Morgan fingerprint density at radius 2 is 1.87 bits per heavy atom. The van der Waals surface area contributed by atoms with E-state index in [4.69, 9.17) is 0 Å². The Morgan fingerprint density at radius 1 is 1.13 bits per heavy atom. The van der Waals surface area contributed by atoms with E-state index < -0.39 is 11.9 Å². The molecule has 23 heavy (non-hydrogen) atoms. The molecule has 1 atom stereocenters. The molecule has 5 nitrogen and oxygen atoms in total. The number of aromatic nitrogens is 1. The van der Waals surface area contributed by atoms with Gasteiger partial charge in [-0.2, -0.15) is 0 Å². The summed E-state index contributed by atoms with van der Waals surface area (Å²) in [6.07, 6.45) is 1.38. The van der Waals surface area contributed by atoms with Crippen molar-refractivity contribution in [3.63, 3.8) is 0 Å². The zero-order valence-corrected chi connectivity index (χ0v) is 13.1. The van der Waals surface area contributed by atoms with Gasteiger partial charge < -0.3 is 14.6 Å². The Labute approximate surface area is 135 Å². The summed E-state index contributed by atoms with van der Waals surface area (Å²) in [5.41, 5.74) is 2.62. The molecular formula is C18H20N2O3. The molecule has 120 valence electrons. The highest BCUT2D eigenvalue weighted by molar-refractivity contribution is 5.94. The van der Waals surface area contributed by atoms with Crippen molar-refractivity contribution >= 4 is 11.9 Å². The van der Waals surface area contributed by atoms with Gasteiger partial charge in [0, 0.05) is 25.8 Å². The van der Waals surface area contributed by atoms with E-state index in [-0.39, 0.29) is 5.91 Å². The van der Waals surface area contributed by atoms with Gasteiger partial charge in [-0.15, -0.1) is 0 Å². The molecule has 0 radical (unpaired) electrons. The van der Waals surface area contributed by atoms with E-state index in [1.165, 1.54) is 0 Å². The van der Waals surface area contributed by atoms with Crippen LogP contribution in [0.5, 0.6) is 0 Å². The zero-order valence-electron chi connectivity index (χ0n) is 13.1. The monoisotopic (exact) mass is 312 g/mol. The number of rotatable bonds is 3. The summed E-state index contributed by atoms with van der Waals surface area (Å²) < 4.78 is 1.88. The van der Waals surface area contributed by atoms with E-state index in [9.17, 15) is 14.7 Å². The number of hydrogen-bond acceptors (Lipinski definition) is 2. The molecule has 1 aromatic carbocycles. The summed E-state index contributed by atoms with van der Waals surface area (Å²) in [4.78, 5) is 25.6. The third-order valence-electron chi connectivity index (χ3n) is 4.47. The van der Waals surface area contributed by atoms with Crippen molar-refractivity contribution < 1.29 is 14.7 Å². The molecule has 2 heterocycles. The number of piperidine rings is 1. The molecule has 1 aromatic heterocycles. The fourth-order valence-corrected chi connectivity index (χ4v) is 3.15. The fourth-order valence-electron chi connectivity index (χ4n) is 3.15. The second kappa shape index (κ2) is 6.28. The standard InChI is InChI=1S/C18H20N2O3/c1-19-15(13-6-3-2-4-7-13)9-10-16(19)17(21)20-11-5-8-14(12-20)18(22)23/h2-4,6-7,9-10,14H,5,8,11-12H2,1H3,(H,22,23). The number of carbonyl (C=O) groups excluding carboxylic acids is 1. The van der Waals surface area contributed by atoms with Crippen molar-refractivity contribution in [2.75, 3.05) is 13.1 Å². The van der Waals surface area contributed by atoms with Crippen LogP contribution in [0.3, 0.4) is 0 Å². The Hall–Kier alpha value is -2.56. The molecule has 1 amide bonds. The van der Waals surface area contributed by atoms with Gasteiger partial charge in [-0.25, -0.2) is 0 Å². The largest absolute Gasteiger partial charge is 0.481 e. The van der Waals surface area contributed by atoms with Crippen LogP contribution in [0, 0.1) is 5.92 Å². The molecule has 5 heteroatoms. The highest BCUT2D eigenvalue weighted by atomic mass is 16.4. The van der Waals surface area contributed by atoms with Crippen molar-refractivity contribution in [2.24, 2.45) is 13.0 Å². The lowest BCUT2D eigenvalue weighted by molar-refractivity contribution is -0.143. The maximum absolute atomic E-state index is 12.7. The van der Waals surface area contributed by atoms with Crippen LogP contribution in [0.15, 0.2) is 42.5 Å². The molecule has 0 spiro atoms. The average Bonchev–Trinajstić information content (AvgIpc) is 2.96. The number of benzene rings is 1. The Kier molecular flexibility index (Phi) is 4.19. The van der Waals surface area contributed by atoms with Crippen molar-refractivity contribution in [3.05, 3.63) is 48.2 Å². The smallest absolute Gasteiger partial charge is 0.308 e. The molecule has 0 aliphatic carbocycles. The first-order chi connectivity index (χ1) is 11.1. The molecular weight excluding hydrogens is 292 g/mol. The van der Waals surface area contributed by atoms with Crippen molar-refractivity contribution in [2.45, 2.75) is 12.8 Å². The third-order valence-corrected chi connectivity index (χ3v) is 4.47. The third kappa shape index (κ3) is 2.99. The number of aliphatic carboxylic acids is 1. The zero-order chi connectivity index (χ0) is 16.4. The summed E-state index contributed by atoms with van der Waals surface area (Å²) in [6.45, 7) is 0.911. The second-order valence-corrected chi connectivity index (χ2v) is 5.96. The predicted octanol–water partition coefficient (Wildman–Crippen LogP) is 2.63. The number of amides is 1. The lowest BCUT2D eigenvalue weighted by Crippen LogP contribution is -2.42. The first-order valence-electron chi connectivity index (χ1n) is 7.81. The van der Waals surface area contributed by atoms with E-state index in [1.54, 1.807) is 4.90 Å². The van der Waals surface area contributed by atoms with E-state index in [0.717, 1.165) is 17.7 Å². The molecule has 1 unspecified atom stereocenters. The van der Waals surface area contributed by atoms with Crippen LogP contribution in [-0.2, 0) is 11.8 Å². The second-order valence-electron chi connectivity index (χ2n) is 5.96. The predicted molar refractivity (Wildman–Crippen MR) is 87.1 cm³/mol. The van der Waals surface area contributed by atoms with Gasteiger partial charge in [0.1, 0.15) is 5.69 Å². The number of likely N-dealkylation sites (tertiary alicyclic amines) is 1. The van der Waals surface area contributed by atoms with Gasteiger partial charge in [-0.05, 0) is 30.5 Å². The van der Waals surface area contributed by atoms with Gasteiger partial charge in [-0.3, -0.25) is 9.59 Å². The minimum Gasteiger partial charge on any atom is -0.481 e. The lowest BCUT2D eigenvalue weighted by atomic mass is 9.98. The number of carbonyl (C=O) groups is 2. The highest BCUT2D eigenvalue weighted by Crippen LogP contribution is 2.24. The number of nitrogens with zero attached hydrogens (tertiary/aromatic N) is 2. The van der Waals surface area contributed by atoms with Crippen LogP contribution < -0.4 is 0 Å². The topological polar surface area (TPSA) is 62.5 Å². The first kappa shape index (κ1) is 15.3. The molecule has 0 saturated carbocycles. The number of carboxylic acid groups (broad SMARTS) is 1. The van der Waals surface area contributed by atoms with Gasteiger partial charge >= 0.3 is 5.97 Å². The van der Waals surface area contributed by atoms with Crippen LogP contribution in [0.25, 0.3) is 11.3 Å². The molecule has 0 bridgehead atoms. The minimum absolute atomic E-state index is 0.0966. The average molecular weight is 312 g/mol. The molecule has 1 N–H and O–H groups in total. The quantitative estimate of drug-likeness (QED) is 0.947. The molecule has 2 aromatic rings. The Bertz CT molecular complexity index is 721. The lowest BCUT2D eigenvalue weighted by Gasteiger charge is -2.30. The molecule has 1 aliphatic rings. The van der Waals surface area contributed by atoms with Crippen LogP contribution in [0.4, 0.5) is 0 Å². The van der Waals surface area contributed by atoms with Crippen LogP contribution in [0.1, 0.15) is 23.3 Å². The summed E-state index contributed by atoms with van der Waals surface area (Å²) in [5, 5.41) is 9.17. The summed E-state index contributed by atoms with van der Waals surface area (Å²) >= 11 is 0. The van der Waals surface area contributed by atoms with Gasteiger partial charge in [-0.1, -0.05) is 30.3 Å². The Balaban J connectivity index is 1.83. The molecule has 1 aliphatic heterocycles. The van der Waals surface area contributed by atoms with Crippen molar-refractivity contribution in [1.29, 1.82) is 0 Å². The Morgan fingerprint density at radius 3 is 2.57 bits per heavy atom. The van der Waals surface area contributed by atoms with E-state index >= 15 is 0 Å². The van der Waals surface area contributed by atoms with Gasteiger partial charge in [0.15, 0.2) is 0 Å². The first-order valence-corrected chi connectivity index (χ1v) is 7.81. The van der Waals surface area contributed by atoms with Crippen LogP contribution in [-0.4, -0.2) is 39.5 Å². The summed E-state index contributed by atoms with van der Waals surface area (Å²) in [5.74, 6) is -1.37. The summed E-state index contributed by atoms with van der Waals surface area (Å²) in [7, 11) is 1.87. The molecule has 1 fully saturated rings. The number of hydrogen-bond donors (Lipinski definition) is 1. The normalized spacial score (nSPS) is 18.0. The van der Waals surface area contributed by atoms with E-state index in [1.807, 2.05) is 54.1 Å². The fraction of sp³-hybridized carbons (Fsp3) is 0.333. The molecule has 3 rings (SSSR count). The minimum atomic E-state index is -0.820. The van der Waals surface area contributed by atoms with Gasteiger partial charge in [0.05, 0.1) is 5.92 Å². The van der Waals surface area contributed by atoms with E-state index in [2.05, 4.69) is 0 Å². The SMILES string of the molecule is Cn1c(C(=O)N2CCCC(C(=O)O)C2)ccc1-c1ccccc1. The van der Waals surface area contributed by atoms with Gasteiger partial charge in [0.25, 0.3) is 5.91 Å². The molecule has 1 saturated heterocycles. The number of carboxylic acids is 1. The highest BCUT2D eigenvalue weighted by Gasteiger charge is 2.29. The maximum Gasteiger partial charge on any atom is 0.308 e. The van der Waals surface area contributed by atoms with Gasteiger partial charge in [0.2, 0.25) is 0 Å².